The van der Waals surface area contributed by atoms with Crippen molar-refractivity contribution in [2.75, 3.05) is 13.1 Å². The SMILES string of the molecule is Cc1ccc(-c2nc(CNC(=O)C3CC(=O)N(CC(C)C)C3)co2)cc1. The molecule has 0 radical (unpaired) electrons. The number of nitrogens with zero attached hydrogens (tertiary/aromatic N) is 2. The molecular weight excluding hydrogens is 330 g/mol. The molecule has 0 spiro atoms. The van der Waals surface area contributed by atoms with E-state index in [1.807, 2.05) is 31.2 Å². The lowest BCUT2D eigenvalue weighted by molar-refractivity contribution is -0.129. The Kier molecular flexibility index (Phi) is 5.40. The zero-order valence-corrected chi connectivity index (χ0v) is 15.5. The Labute approximate surface area is 153 Å². The molecule has 0 aliphatic carbocycles. The second-order valence-corrected chi connectivity index (χ2v) is 7.32. The van der Waals surface area contributed by atoms with E-state index < -0.39 is 0 Å². The van der Waals surface area contributed by atoms with Crippen molar-refractivity contribution in [3.05, 3.63) is 41.8 Å². The summed E-state index contributed by atoms with van der Waals surface area (Å²) in [4.78, 5) is 30.6. The number of amides is 2. The van der Waals surface area contributed by atoms with Crippen LogP contribution in [-0.2, 0) is 16.1 Å². The number of aromatic nitrogens is 1. The summed E-state index contributed by atoms with van der Waals surface area (Å²) in [5, 5.41) is 2.87. The first-order valence-electron chi connectivity index (χ1n) is 8.99. The van der Waals surface area contributed by atoms with Gasteiger partial charge in [0.25, 0.3) is 0 Å². The lowest BCUT2D eigenvalue weighted by atomic mass is 10.1. The van der Waals surface area contributed by atoms with Crippen LogP contribution in [0.2, 0.25) is 0 Å². The van der Waals surface area contributed by atoms with Gasteiger partial charge < -0.3 is 14.6 Å². The molecule has 1 saturated heterocycles. The molecule has 1 aliphatic rings. The third-order valence-electron chi connectivity index (χ3n) is 4.46. The van der Waals surface area contributed by atoms with Gasteiger partial charge in [0.15, 0.2) is 0 Å². The summed E-state index contributed by atoms with van der Waals surface area (Å²) in [5.74, 6) is 0.598. The first kappa shape index (κ1) is 18.2. The summed E-state index contributed by atoms with van der Waals surface area (Å²) in [6, 6.07) is 7.91. The molecule has 1 aliphatic heterocycles. The molecule has 1 aromatic carbocycles. The highest BCUT2D eigenvalue weighted by atomic mass is 16.3. The van der Waals surface area contributed by atoms with Gasteiger partial charge in [0, 0.05) is 25.1 Å². The second-order valence-electron chi connectivity index (χ2n) is 7.32. The number of aryl methyl sites for hydroxylation is 1. The fraction of sp³-hybridized carbons (Fsp3) is 0.450. The van der Waals surface area contributed by atoms with Crippen LogP contribution in [0.4, 0.5) is 0 Å². The minimum absolute atomic E-state index is 0.0574. The van der Waals surface area contributed by atoms with Crippen LogP contribution in [0.15, 0.2) is 34.9 Å². The Bertz CT molecular complexity index is 780. The number of likely N-dealkylation sites (tertiary alicyclic amines) is 1. The van der Waals surface area contributed by atoms with Crippen molar-refractivity contribution in [1.29, 1.82) is 0 Å². The number of oxazole rings is 1. The number of nitrogens with one attached hydrogen (secondary N) is 1. The number of hydrogen-bond donors (Lipinski definition) is 1. The third kappa shape index (κ3) is 4.31. The Balaban J connectivity index is 1.54. The summed E-state index contributed by atoms with van der Waals surface area (Å²) in [6.07, 6.45) is 1.84. The fourth-order valence-corrected chi connectivity index (χ4v) is 3.10. The maximum Gasteiger partial charge on any atom is 0.226 e. The second kappa shape index (κ2) is 7.72. The van der Waals surface area contributed by atoms with Gasteiger partial charge in [-0.1, -0.05) is 31.5 Å². The molecule has 0 bridgehead atoms. The molecule has 1 N–H and O–H groups in total. The number of benzene rings is 1. The van der Waals surface area contributed by atoms with E-state index in [4.69, 9.17) is 4.42 Å². The Morgan fingerprint density at radius 3 is 2.77 bits per heavy atom. The molecule has 26 heavy (non-hydrogen) atoms. The standard InChI is InChI=1S/C20H25N3O3/c1-13(2)10-23-11-16(8-18(23)24)19(25)21-9-17-12-26-20(22-17)15-6-4-14(3)5-7-15/h4-7,12-13,16H,8-11H2,1-3H3,(H,21,25). The average Bonchev–Trinajstić information content (AvgIpc) is 3.20. The van der Waals surface area contributed by atoms with Crippen molar-refractivity contribution >= 4 is 11.8 Å². The van der Waals surface area contributed by atoms with Crippen LogP contribution in [0.3, 0.4) is 0 Å². The largest absolute Gasteiger partial charge is 0.444 e. The predicted molar refractivity (Wildman–Crippen MR) is 98.0 cm³/mol. The molecule has 1 unspecified atom stereocenters. The highest BCUT2D eigenvalue weighted by molar-refractivity contribution is 5.89. The van der Waals surface area contributed by atoms with Crippen molar-refractivity contribution in [1.82, 2.24) is 15.2 Å². The van der Waals surface area contributed by atoms with Gasteiger partial charge in [-0.2, -0.15) is 0 Å². The monoisotopic (exact) mass is 355 g/mol. The van der Waals surface area contributed by atoms with Gasteiger partial charge in [-0.15, -0.1) is 0 Å². The van der Waals surface area contributed by atoms with Crippen LogP contribution in [0.25, 0.3) is 11.5 Å². The molecule has 1 aromatic heterocycles. The summed E-state index contributed by atoms with van der Waals surface area (Å²) >= 11 is 0. The molecule has 2 aromatic rings. The van der Waals surface area contributed by atoms with Gasteiger partial charge in [-0.05, 0) is 25.0 Å². The maximum absolute atomic E-state index is 12.4. The van der Waals surface area contributed by atoms with Crippen molar-refractivity contribution in [2.45, 2.75) is 33.7 Å². The normalized spacial score (nSPS) is 17.2. The van der Waals surface area contributed by atoms with Crippen molar-refractivity contribution in [3.63, 3.8) is 0 Å². The summed E-state index contributed by atoms with van der Waals surface area (Å²) in [7, 11) is 0. The lowest BCUT2D eigenvalue weighted by Crippen LogP contribution is -2.33. The van der Waals surface area contributed by atoms with E-state index in [1.165, 1.54) is 5.56 Å². The third-order valence-corrected chi connectivity index (χ3v) is 4.46. The number of rotatable bonds is 6. The molecule has 3 rings (SSSR count). The van der Waals surface area contributed by atoms with Crippen LogP contribution in [0.1, 0.15) is 31.5 Å². The lowest BCUT2D eigenvalue weighted by Gasteiger charge is -2.18. The van der Waals surface area contributed by atoms with Crippen LogP contribution >= 0.6 is 0 Å². The van der Waals surface area contributed by atoms with Crippen molar-refractivity contribution in [3.8, 4) is 11.5 Å². The van der Waals surface area contributed by atoms with Gasteiger partial charge in [0.2, 0.25) is 17.7 Å². The van der Waals surface area contributed by atoms with Crippen LogP contribution in [0, 0.1) is 18.8 Å². The molecule has 1 fully saturated rings. The van der Waals surface area contributed by atoms with E-state index in [9.17, 15) is 9.59 Å². The fourth-order valence-electron chi connectivity index (χ4n) is 3.10. The predicted octanol–water partition coefficient (Wildman–Crippen LogP) is 2.77. The Hall–Kier alpha value is -2.63. The van der Waals surface area contributed by atoms with E-state index in [0.717, 1.165) is 5.56 Å². The first-order valence-corrected chi connectivity index (χ1v) is 8.99. The molecule has 138 valence electrons. The molecule has 0 saturated carbocycles. The van der Waals surface area contributed by atoms with Gasteiger partial charge in [0.05, 0.1) is 18.2 Å². The molecule has 6 heteroatoms. The highest BCUT2D eigenvalue weighted by Gasteiger charge is 2.34. The summed E-state index contributed by atoms with van der Waals surface area (Å²) in [5.41, 5.74) is 2.74. The highest BCUT2D eigenvalue weighted by Crippen LogP contribution is 2.21. The van der Waals surface area contributed by atoms with Gasteiger partial charge >= 0.3 is 0 Å². The average molecular weight is 355 g/mol. The summed E-state index contributed by atoms with van der Waals surface area (Å²) in [6.45, 7) is 7.65. The van der Waals surface area contributed by atoms with Gasteiger partial charge in [0.1, 0.15) is 6.26 Å². The number of hydrogen-bond acceptors (Lipinski definition) is 4. The Morgan fingerprint density at radius 1 is 1.35 bits per heavy atom. The zero-order chi connectivity index (χ0) is 18.7. The van der Waals surface area contributed by atoms with Crippen LogP contribution in [0.5, 0.6) is 0 Å². The van der Waals surface area contributed by atoms with E-state index in [1.54, 1.807) is 11.2 Å². The number of carbonyl (C=O) groups excluding carboxylic acids is 2. The first-order chi connectivity index (χ1) is 12.4. The topological polar surface area (TPSA) is 75.4 Å². The van der Waals surface area contributed by atoms with E-state index in [-0.39, 0.29) is 24.2 Å². The van der Waals surface area contributed by atoms with Crippen molar-refractivity contribution < 1.29 is 14.0 Å². The number of carbonyl (C=O) groups is 2. The minimum atomic E-state index is -0.287. The van der Waals surface area contributed by atoms with E-state index in [2.05, 4.69) is 24.1 Å². The van der Waals surface area contributed by atoms with Gasteiger partial charge in [-0.25, -0.2) is 4.98 Å². The van der Waals surface area contributed by atoms with Crippen LogP contribution < -0.4 is 5.32 Å². The molecule has 2 heterocycles. The Morgan fingerprint density at radius 2 is 2.08 bits per heavy atom. The quantitative estimate of drug-likeness (QED) is 0.864. The summed E-state index contributed by atoms with van der Waals surface area (Å²) < 4.78 is 5.50. The van der Waals surface area contributed by atoms with Crippen LogP contribution in [-0.4, -0.2) is 34.8 Å². The van der Waals surface area contributed by atoms with E-state index in [0.29, 0.717) is 37.1 Å². The zero-order valence-electron chi connectivity index (χ0n) is 15.5. The van der Waals surface area contributed by atoms with E-state index >= 15 is 0 Å². The maximum atomic E-state index is 12.4. The van der Waals surface area contributed by atoms with Gasteiger partial charge in [-0.3, -0.25) is 9.59 Å². The molecular formula is C20H25N3O3. The minimum Gasteiger partial charge on any atom is -0.444 e. The molecule has 2 amide bonds. The molecule has 1 atom stereocenters. The smallest absolute Gasteiger partial charge is 0.226 e. The molecule has 6 nitrogen and oxygen atoms in total. The van der Waals surface area contributed by atoms with Crippen molar-refractivity contribution in [2.24, 2.45) is 11.8 Å².